The molecule has 0 unspecified atom stereocenters. The van der Waals surface area contributed by atoms with Gasteiger partial charge in [0.05, 0.1) is 16.7 Å². The van der Waals surface area contributed by atoms with Crippen molar-refractivity contribution in [2.24, 2.45) is 0 Å². The van der Waals surface area contributed by atoms with E-state index in [-0.39, 0.29) is 5.91 Å². The van der Waals surface area contributed by atoms with Gasteiger partial charge in [-0.05, 0) is 38.8 Å². The van der Waals surface area contributed by atoms with Gasteiger partial charge in [-0.25, -0.2) is 9.97 Å². The number of hydrogen-bond donors (Lipinski definition) is 2. The summed E-state index contributed by atoms with van der Waals surface area (Å²) in [4.78, 5) is 22.7. The van der Waals surface area contributed by atoms with Crippen LogP contribution in [0.2, 0.25) is 0 Å². The Balaban J connectivity index is 1.68. The third-order valence-corrected chi connectivity index (χ3v) is 6.21. The molecule has 3 aromatic rings. The van der Waals surface area contributed by atoms with Gasteiger partial charge in [0.1, 0.15) is 4.88 Å². The van der Waals surface area contributed by atoms with Crippen molar-refractivity contribution in [1.29, 1.82) is 0 Å². The molecular weight excluding hydrogens is 358 g/mol. The first-order valence-corrected chi connectivity index (χ1v) is 10.5. The molecule has 7 heteroatoms. The van der Waals surface area contributed by atoms with Crippen LogP contribution in [0.1, 0.15) is 60.4 Å². The number of para-hydroxylation sites is 2. The van der Waals surface area contributed by atoms with Gasteiger partial charge in [0.15, 0.2) is 5.13 Å². The number of aromatic nitrogens is 3. The van der Waals surface area contributed by atoms with Gasteiger partial charge in [-0.3, -0.25) is 10.1 Å². The summed E-state index contributed by atoms with van der Waals surface area (Å²) in [6.45, 7) is 4.67. The Labute approximate surface area is 163 Å². The fraction of sp³-hybridized carbons (Fsp3) is 0.450. The van der Waals surface area contributed by atoms with E-state index < -0.39 is 0 Å². The van der Waals surface area contributed by atoms with Crippen LogP contribution in [0.15, 0.2) is 24.3 Å². The average molecular weight is 384 g/mol. The van der Waals surface area contributed by atoms with E-state index in [4.69, 9.17) is 4.98 Å². The summed E-state index contributed by atoms with van der Waals surface area (Å²) in [5, 5.41) is 7.02. The summed E-state index contributed by atoms with van der Waals surface area (Å²) in [6.07, 6.45) is 6.01. The van der Waals surface area contributed by atoms with Crippen LogP contribution >= 0.6 is 11.3 Å². The fourth-order valence-corrected chi connectivity index (χ4v) is 4.76. The van der Waals surface area contributed by atoms with Crippen molar-refractivity contribution in [2.75, 3.05) is 17.2 Å². The minimum atomic E-state index is -0.137. The summed E-state index contributed by atoms with van der Waals surface area (Å²) in [6, 6.07) is 8.51. The third-order valence-electron chi connectivity index (χ3n) is 5.09. The maximum Gasteiger partial charge on any atom is 0.270 e. The molecule has 0 radical (unpaired) electrons. The van der Waals surface area contributed by atoms with Crippen LogP contribution in [0.25, 0.3) is 11.0 Å². The molecule has 1 aliphatic rings. The molecule has 1 aromatic carbocycles. The molecule has 27 heavy (non-hydrogen) atoms. The van der Waals surface area contributed by atoms with Gasteiger partial charge in [-0.15, -0.1) is 0 Å². The zero-order chi connectivity index (χ0) is 18.8. The van der Waals surface area contributed by atoms with Crippen LogP contribution in [0.5, 0.6) is 0 Å². The summed E-state index contributed by atoms with van der Waals surface area (Å²) < 4.78 is 2.23. The second kappa shape index (κ2) is 7.68. The minimum Gasteiger partial charge on any atom is -0.362 e. The number of amides is 1. The average Bonchev–Trinajstić information content (AvgIpc) is 3.22. The Morgan fingerprint density at radius 2 is 2.00 bits per heavy atom. The minimum absolute atomic E-state index is 0.137. The van der Waals surface area contributed by atoms with Gasteiger partial charge < -0.3 is 9.88 Å². The lowest BCUT2D eigenvalue weighted by Crippen LogP contribution is -2.19. The highest BCUT2D eigenvalue weighted by Crippen LogP contribution is 2.34. The maximum absolute atomic E-state index is 12.9. The molecule has 6 nitrogen and oxygen atoms in total. The van der Waals surface area contributed by atoms with Crippen LogP contribution < -0.4 is 10.6 Å². The van der Waals surface area contributed by atoms with Gasteiger partial charge >= 0.3 is 0 Å². The van der Waals surface area contributed by atoms with Crippen molar-refractivity contribution in [3.05, 3.63) is 34.8 Å². The first-order valence-electron chi connectivity index (χ1n) is 9.67. The summed E-state index contributed by atoms with van der Waals surface area (Å²) in [7, 11) is 0. The Morgan fingerprint density at radius 3 is 2.78 bits per heavy atom. The highest BCUT2D eigenvalue weighted by molar-refractivity contribution is 7.17. The number of fused-ring (bicyclic) bond motifs is 1. The summed E-state index contributed by atoms with van der Waals surface area (Å²) in [5.41, 5.74) is 2.76. The zero-order valence-corrected chi connectivity index (χ0v) is 16.6. The zero-order valence-electron chi connectivity index (χ0n) is 15.8. The fourth-order valence-electron chi connectivity index (χ4n) is 3.83. The number of imidazole rings is 1. The second-order valence-electron chi connectivity index (χ2n) is 7.00. The van der Waals surface area contributed by atoms with E-state index in [1.54, 1.807) is 0 Å². The normalized spacial score (nSPS) is 15.2. The standard InChI is InChI=1S/C20H25N5OS/c1-3-21-20-22-13(2)17(27-20)18(26)24-19-23-15-11-7-8-12-16(15)25(19)14-9-5-4-6-10-14/h7-8,11-12,14H,3-6,9-10H2,1-2H3,(H,21,22)(H,23,24,26). The molecule has 0 atom stereocenters. The van der Waals surface area contributed by atoms with Crippen LogP contribution in [-0.2, 0) is 0 Å². The van der Waals surface area contributed by atoms with Crippen molar-refractivity contribution in [3.63, 3.8) is 0 Å². The quantitative estimate of drug-likeness (QED) is 0.651. The van der Waals surface area contributed by atoms with Gasteiger partial charge in [0, 0.05) is 12.6 Å². The Kier molecular flexibility index (Phi) is 5.11. The summed E-state index contributed by atoms with van der Waals surface area (Å²) in [5.74, 6) is 0.507. The van der Waals surface area contributed by atoms with E-state index in [2.05, 4.69) is 26.3 Å². The molecule has 1 aliphatic carbocycles. The van der Waals surface area contributed by atoms with E-state index in [0.717, 1.165) is 41.2 Å². The Morgan fingerprint density at radius 1 is 1.22 bits per heavy atom. The number of hydrogen-bond acceptors (Lipinski definition) is 5. The number of nitrogens with one attached hydrogen (secondary N) is 2. The first kappa shape index (κ1) is 18.0. The molecule has 2 aromatic heterocycles. The Hall–Kier alpha value is -2.41. The number of carbonyl (C=O) groups is 1. The largest absolute Gasteiger partial charge is 0.362 e. The van der Waals surface area contributed by atoms with E-state index in [0.29, 0.717) is 16.9 Å². The molecule has 1 fully saturated rings. The predicted molar refractivity (Wildman–Crippen MR) is 111 cm³/mol. The number of aryl methyl sites for hydroxylation is 1. The van der Waals surface area contributed by atoms with E-state index >= 15 is 0 Å². The third kappa shape index (κ3) is 3.56. The lowest BCUT2D eigenvalue weighted by Gasteiger charge is -2.25. The van der Waals surface area contributed by atoms with Gasteiger partial charge in [0.2, 0.25) is 5.95 Å². The van der Waals surface area contributed by atoms with Crippen molar-refractivity contribution in [3.8, 4) is 0 Å². The smallest absolute Gasteiger partial charge is 0.270 e. The molecule has 142 valence electrons. The number of rotatable bonds is 5. The molecule has 4 rings (SSSR count). The monoisotopic (exact) mass is 383 g/mol. The van der Waals surface area contributed by atoms with Crippen molar-refractivity contribution < 1.29 is 4.79 Å². The molecule has 1 amide bonds. The second-order valence-corrected chi connectivity index (χ2v) is 8.00. The highest BCUT2D eigenvalue weighted by atomic mass is 32.1. The maximum atomic E-state index is 12.9. The molecule has 2 heterocycles. The van der Waals surface area contributed by atoms with E-state index in [9.17, 15) is 4.79 Å². The molecular formula is C20H25N5OS. The predicted octanol–water partition coefficient (Wildman–Crippen LogP) is 4.99. The molecule has 0 saturated heterocycles. The van der Waals surface area contributed by atoms with Crippen LogP contribution in [0, 0.1) is 6.92 Å². The van der Waals surface area contributed by atoms with E-state index in [1.165, 1.54) is 30.6 Å². The highest BCUT2D eigenvalue weighted by Gasteiger charge is 2.24. The van der Waals surface area contributed by atoms with Crippen LogP contribution in [0.4, 0.5) is 11.1 Å². The van der Waals surface area contributed by atoms with Crippen molar-refractivity contribution in [2.45, 2.75) is 52.0 Å². The van der Waals surface area contributed by atoms with Gasteiger partial charge in [0.25, 0.3) is 5.91 Å². The lowest BCUT2D eigenvalue weighted by atomic mass is 9.95. The summed E-state index contributed by atoms with van der Waals surface area (Å²) >= 11 is 1.39. The van der Waals surface area contributed by atoms with Gasteiger partial charge in [-0.1, -0.05) is 42.7 Å². The molecule has 0 spiro atoms. The van der Waals surface area contributed by atoms with Crippen LogP contribution in [0.3, 0.4) is 0 Å². The topological polar surface area (TPSA) is 71.8 Å². The van der Waals surface area contributed by atoms with Crippen molar-refractivity contribution >= 4 is 39.4 Å². The molecule has 1 saturated carbocycles. The molecule has 2 N–H and O–H groups in total. The van der Waals surface area contributed by atoms with Crippen molar-refractivity contribution in [1.82, 2.24) is 14.5 Å². The van der Waals surface area contributed by atoms with Gasteiger partial charge in [-0.2, -0.15) is 0 Å². The Bertz CT molecular complexity index is 955. The number of benzene rings is 1. The first-order chi connectivity index (χ1) is 13.2. The number of carbonyl (C=O) groups excluding carboxylic acids is 1. The lowest BCUT2D eigenvalue weighted by molar-refractivity contribution is 0.102. The SMILES string of the molecule is CCNc1nc(C)c(C(=O)Nc2nc3ccccc3n2C2CCCCC2)s1. The van der Waals surface area contributed by atoms with Crippen LogP contribution in [-0.4, -0.2) is 27.0 Å². The molecule has 0 aliphatic heterocycles. The number of anilines is 2. The number of nitrogens with zero attached hydrogens (tertiary/aromatic N) is 3. The molecule has 0 bridgehead atoms. The van der Waals surface area contributed by atoms with E-state index in [1.807, 2.05) is 32.0 Å². The number of thiazole rings is 1.